The van der Waals surface area contributed by atoms with E-state index in [1.165, 1.54) is 18.3 Å². The number of hydrogen-bond acceptors (Lipinski definition) is 4. The molecule has 0 radical (unpaired) electrons. The van der Waals surface area contributed by atoms with Crippen LogP contribution in [0.1, 0.15) is 25.5 Å². The molecule has 2 heterocycles. The van der Waals surface area contributed by atoms with Gasteiger partial charge in [-0.1, -0.05) is 19.9 Å². The molecule has 2 atom stereocenters. The van der Waals surface area contributed by atoms with Crippen LogP contribution in [-0.4, -0.2) is 33.8 Å². The van der Waals surface area contributed by atoms with E-state index < -0.39 is 35.7 Å². The molecule has 9 heteroatoms. The minimum absolute atomic E-state index is 0.00747. The molecule has 28 heavy (non-hydrogen) atoms. The minimum atomic E-state index is -1.09. The zero-order chi connectivity index (χ0) is 20.4. The van der Waals surface area contributed by atoms with Gasteiger partial charge in [-0.15, -0.1) is 0 Å². The Hall–Kier alpha value is -2.56. The average Bonchev–Trinajstić information content (AvgIpc) is 2.93. The van der Waals surface area contributed by atoms with E-state index in [0.717, 1.165) is 4.90 Å². The van der Waals surface area contributed by atoms with Gasteiger partial charge in [-0.2, -0.15) is 0 Å². The highest BCUT2D eigenvalue weighted by molar-refractivity contribution is 14.1. The molecule has 0 bridgehead atoms. The van der Waals surface area contributed by atoms with Gasteiger partial charge in [-0.3, -0.25) is 14.6 Å². The van der Waals surface area contributed by atoms with Crippen molar-refractivity contribution in [2.45, 2.75) is 25.9 Å². The van der Waals surface area contributed by atoms with Gasteiger partial charge in [-0.25, -0.2) is 14.1 Å². The third-order valence-electron chi connectivity index (χ3n) is 4.36. The molecule has 4 amide bonds. The van der Waals surface area contributed by atoms with Gasteiger partial charge in [-0.05, 0) is 52.8 Å². The lowest BCUT2D eigenvalue weighted by Gasteiger charge is -2.27. The number of amides is 4. The van der Waals surface area contributed by atoms with Crippen LogP contribution >= 0.6 is 22.6 Å². The summed E-state index contributed by atoms with van der Waals surface area (Å²) >= 11 is 1.96. The van der Waals surface area contributed by atoms with E-state index in [1.807, 2.05) is 22.6 Å². The second-order valence-electron chi connectivity index (χ2n) is 6.68. The highest BCUT2D eigenvalue weighted by Gasteiger charge is 2.46. The van der Waals surface area contributed by atoms with E-state index in [1.54, 1.807) is 38.2 Å². The van der Waals surface area contributed by atoms with Crippen molar-refractivity contribution < 1.29 is 18.8 Å². The van der Waals surface area contributed by atoms with Crippen molar-refractivity contribution in [2.24, 2.45) is 5.92 Å². The predicted octanol–water partition coefficient (Wildman–Crippen LogP) is 3.08. The number of aromatic nitrogens is 1. The predicted molar refractivity (Wildman–Crippen MR) is 109 cm³/mol. The first kappa shape index (κ1) is 20.2. The number of carbonyl (C=O) groups is 3. The van der Waals surface area contributed by atoms with Crippen LogP contribution in [0.5, 0.6) is 0 Å². The molecule has 1 aromatic carbocycles. The van der Waals surface area contributed by atoms with Crippen molar-refractivity contribution in [1.82, 2.24) is 15.2 Å². The molecule has 1 aromatic heterocycles. The van der Waals surface area contributed by atoms with Crippen LogP contribution in [0.25, 0.3) is 0 Å². The van der Waals surface area contributed by atoms with Gasteiger partial charge in [0.1, 0.15) is 17.9 Å². The number of carbonyl (C=O) groups excluding carboxylic acids is 3. The first-order valence-corrected chi connectivity index (χ1v) is 9.67. The lowest BCUT2D eigenvalue weighted by atomic mass is 10.0. The highest BCUT2D eigenvalue weighted by atomic mass is 127. The van der Waals surface area contributed by atoms with Crippen LogP contribution in [0.2, 0.25) is 0 Å². The van der Waals surface area contributed by atoms with Crippen LogP contribution in [0.4, 0.5) is 14.9 Å². The maximum Gasteiger partial charge on any atom is 0.325 e. The van der Waals surface area contributed by atoms with Gasteiger partial charge < -0.3 is 10.6 Å². The highest BCUT2D eigenvalue weighted by Crippen LogP contribution is 2.27. The third-order valence-corrected chi connectivity index (χ3v) is 5.03. The van der Waals surface area contributed by atoms with Crippen LogP contribution in [0.3, 0.4) is 0 Å². The van der Waals surface area contributed by atoms with Crippen LogP contribution in [0, 0.1) is 15.3 Å². The standard InChI is InChI=1S/C19H18FIN4O3/c1-10(2)16(17(26)23-14-6-5-12(21)8-13(14)20)25-18(27)15(24-19(25)28)11-4-3-7-22-9-11/h3-10,15-16H,1-2H3,(H,23,26)(H,24,28). The Kier molecular flexibility index (Phi) is 5.92. The van der Waals surface area contributed by atoms with Gasteiger partial charge >= 0.3 is 6.03 Å². The molecule has 2 aromatic rings. The Morgan fingerprint density at radius 1 is 1.32 bits per heavy atom. The quantitative estimate of drug-likeness (QED) is 0.492. The average molecular weight is 496 g/mol. The fourth-order valence-corrected chi connectivity index (χ4v) is 3.50. The number of rotatable bonds is 5. The van der Waals surface area contributed by atoms with Crippen molar-refractivity contribution in [3.8, 4) is 0 Å². The number of nitrogens with one attached hydrogen (secondary N) is 2. The molecule has 146 valence electrons. The summed E-state index contributed by atoms with van der Waals surface area (Å²) in [7, 11) is 0. The van der Waals surface area contributed by atoms with Crippen molar-refractivity contribution in [1.29, 1.82) is 0 Å². The van der Waals surface area contributed by atoms with Crippen molar-refractivity contribution in [3.63, 3.8) is 0 Å². The summed E-state index contributed by atoms with van der Waals surface area (Å²) in [5.74, 6) is -2.15. The number of urea groups is 1. The molecule has 2 unspecified atom stereocenters. The first-order valence-electron chi connectivity index (χ1n) is 8.59. The zero-order valence-corrected chi connectivity index (χ0v) is 17.3. The molecule has 0 saturated carbocycles. The van der Waals surface area contributed by atoms with Gasteiger partial charge in [0.05, 0.1) is 5.69 Å². The molecule has 1 fully saturated rings. The number of halogens is 2. The normalized spacial score (nSPS) is 17.6. The SMILES string of the molecule is CC(C)C(C(=O)Nc1ccc(I)cc1F)N1C(=O)NC(c2cccnc2)C1=O. The zero-order valence-electron chi connectivity index (χ0n) is 15.1. The number of benzene rings is 1. The fourth-order valence-electron chi connectivity index (χ4n) is 3.05. The summed E-state index contributed by atoms with van der Waals surface area (Å²) in [6.07, 6.45) is 3.04. The number of imide groups is 1. The van der Waals surface area contributed by atoms with Gasteiger partial charge in [0.2, 0.25) is 5.91 Å². The van der Waals surface area contributed by atoms with E-state index in [-0.39, 0.29) is 11.6 Å². The molecule has 3 rings (SSSR count). The third kappa shape index (κ3) is 3.98. The van der Waals surface area contributed by atoms with E-state index in [4.69, 9.17) is 0 Å². The molecular formula is C19H18FIN4O3. The molecule has 1 aliphatic rings. The molecule has 7 nitrogen and oxygen atoms in total. The molecule has 0 spiro atoms. The van der Waals surface area contributed by atoms with Crippen LogP contribution < -0.4 is 10.6 Å². The van der Waals surface area contributed by atoms with E-state index in [0.29, 0.717) is 9.13 Å². The van der Waals surface area contributed by atoms with Gasteiger partial charge in [0.15, 0.2) is 0 Å². The fraction of sp³-hybridized carbons (Fsp3) is 0.263. The summed E-state index contributed by atoms with van der Waals surface area (Å²) in [4.78, 5) is 43.1. The minimum Gasteiger partial charge on any atom is -0.322 e. The summed E-state index contributed by atoms with van der Waals surface area (Å²) in [5, 5.41) is 5.07. The van der Waals surface area contributed by atoms with E-state index in [2.05, 4.69) is 15.6 Å². The summed E-state index contributed by atoms with van der Waals surface area (Å²) in [6, 6.07) is 5.03. The second kappa shape index (κ2) is 8.21. The Morgan fingerprint density at radius 2 is 2.07 bits per heavy atom. The molecule has 2 N–H and O–H groups in total. The number of anilines is 1. The monoisotopic (exact) mass is 496 g/mol. The Morgan fingerprint density at radius 3 is 2.68 bits per heavy atom. The lowest BCUT2D eigenvalue weighted by Crippen LogP contribution is -2.50. The molecule has 0 aliphatic carbocycles. The molecule has 1 saturated heterocycles. The Bertz CT molecular complexity index is 923. The van der Waals surface area contributed by atoms with Crippen molar-refractivity contribution >= 4 is 46.1 Å². The number of pyridine rings is 1. The summed E-state index contributed by atoms with van der Waals surface area (Å²) in [5.41, 5.74) is 0.516. The van der Waals surface area contributed by atoms with Crippen molar-refractivity contribution in [3.05, 3.63) is 57.7 Å². The first-order chi connectivity index (χ1) is 13.3. The topological polar surface area (TPSA) is 91.4 Å². The summed E-state index contributed by atoms with van der Waals surface area (Å²) < 4.78 is 14.8. The lowest BCUT2D eigenvalue weighted by molar-refractivity contribution is -0.135. The van der Waals surface area contributed by atoms with E-state index in [9.17, 15) is 18.8 Å². The molecule has 1 aliphatic heterocycles. The Labute approximate surface area is 174 Å². The van der Waals surface area contributed by atoms with E-state index >= 15 is 0 Å². The maximum absolute atomic E-state index is 14.1. The largest absolute Gasteiger partial charge is 0.325 e. The number of nitrogens with zero attached hydrogens (tertiary/aromatic N) is 2. The smallest absolute Gasteiger partial charge is 0.322 e. The van der Waals surface area contributed by atoms with Gasteiger partial charge in [0, 0.05) is 21.5 Å². The number of hydrogen-bond donors (Lipinski definition) is 2. The van der Waals surface area contributed by atoms with Gasteiger partial charge in [0.25, 0.3) is 5.91 Å². The second-order valence-corrected chi connectivity index (χ2v) is 7.93. The van der Waals surface area contributed by atoms with Crippen molar-refractivity contribution in [2.75, 3.05) is 5.32 Å². The van der Waals surface area contributed by atoms with Crippen LogP contribution in [0.15, 0.2) is 42.7 Å². The Balaban J connectivity index is 1.86. The summed E-state index contributed by atoms with van der Waals surface area (Å²) in [6.45, 7) is 3.43. The maximum atomic E-state index is 14.1. The molecular weight excluding hydrogens is 478 g/mol. The van der Waals surface area contributed by atoms with Crippen LogP contribution in [-0.2, 0) is 9.59 Å².